The second-order valence-electron chi connectivity index (χ2n) is 4.79. The van der Waals surface area contributed by atoms with Crippen LogP contribution in [0.3, 0.4) is 0 Å². The maximum Gasteiger partial charge on any atom is 0.416 e. The summed E-state index contributed by atoms with van der Waals surface area (Å²) in [5.41, 5.74) is 7.23. The molecule has 0 saturated carbocycles. The molecule has 0 bridgehead atoms. The van der Waals surface area contributed by atoms with E-state index >= 15 is 0 Å². The Balaban J connectivity index is 2.52. The Hall–Kier alpha value is -3.35. The largest absolute Gasteiger partial charge is 0.416 e. The van der Waals surface area contributed by atoms with E-state index in [4.69, 9.17) is 16.4 Å². The van der Waals surface area contributed by atoms with E-state index in [0.717, 1.165) is 17.7 Å². The summed E-state index contributed by atoms with van der Waals surface area (Å²) in [5, 5.41) is 23.6. The smallest absolute Gasteiger partial charge is 0.382 e. The number of aromatic nitrogens is 2. The number of halogens is 3. The molecule has 1 heterocycles. The van der Waals surface area contributed by atoms with E-state index in [1.54, 1.807) is 25.4 Å². The number of nitrogens with two attached hydrogens (primary N) is 1. The van der Waals surface area contributed by atoms with Crippen LogP contribution in [0, 0.1) is 23.7 Å². The van der Waals surface area contributed by atoms with Gasteiger partial charge in [-0.05, 0) is 30.7 Å². The number of nitrogens with zero attached hydrogens (tertiary/aromatic N) is 4. The highest BCUT2D eigenvalue weighted by atomic mass is 19.4. The monoisotopic (exact) mass is 335 g/mol. The van der Waals surface area contributed by atoms with Crippen LogP contribution < -0.4 is 11.2 Å². The number of benzene rings is 1. The van der Waals surface area contributed by atoms with Crippen molar-refractivity contribution in [2.45, 2.75) is 13.1 Å². The Morgan fingerprint density at radius 3 is 2.67 bits per heavy atom. The van der Waals surface area contributed by atoms with Crippen molar-refractivity contribution in [1.29, 1.82) is 10.7 Å². The molecule has 0 atom stereocenters. The summed E-state index contributed by atoms with van der Waals surface area (Å²) >= 11 is 0. The van der Waals surface area contributed by atoms with Gasteiger partial charge >= 0.3 is 6.18 Å². The molecule has 1 aromatic carbocycles. The Morgan fingerprint density at radius 2 is 2.17 bits per heavy atom. The first kappa shape index (κ1) is 17.0. The molecule has 0 saturated heterocycles. The number of nitriles is 1. The summed E-state index contributed by atoms with van der Waals surface area (Å²) in [4.78, 5) is 0. The summed E-state index contributed by atoms with van der Waals surface area (Å²) in [6.45, 7) is 1.78. The van der Waals surface area contributed by atoms with Crippen LogP contribution in [0.1, 0.15) is 11.1 Å². The van der Waals surface area contributed by atoms with Gasteiger partial charge in [0.2, 0.25) is 5.71 Å². The molecule has 0 aliphatic heterocycles. The SMILES string of the molecule is Cc1cnn(-c2ccc(C(F)(F)F)cc2N/N=C(\C#N)C(=N)N)c1. The Kier molecular flexibility index (Phi) is 4.54. The van der Waals surface area contributed by atoms with Crippen molar-refractivity contribution in [1.82, 2.24) is 9.78 Å². The first-order chi connectivity index (χ1) is 11.2. The topological polar surface area (TPSA) is 116 Å². The Bertz CT molecular complexity index is 843. The summed E-state index contributed by atoms with van der Waals surface area (Å²) < 4.78 is 40.1. The highest BCUT2D eigenvalue weighted by molar-refractivity contribution is 6.45. The first-order valence-corrected chi connectivity index (χ1v) is 6.53. The van der Waals surface area contributed by atoms with Gasteiger partial charge in [-0.1, -0.05) is 0 Å². The van der Waals surface area contributed by atoms with Gasteiger partial charge in [-0.2, -0.15) is 28.6 Å². The predicted octanol–water partition coefficient (Wildman–Crippen LogP) is 2.43. The number of aryl methyl sites for hydroxylation is 1. The lowest BCUT2D eigenvalue weighted by Crippen LogP contribution is -2.22. The Morgan fingerprint density at radius 1 is 1.46 bits per heavy atom. The lowest BCUT2D eigenvalue weighted by molar-refractivity contribution is -0.137. The summed E-state index contributed by atoms with van der Waals surface area (Å²) in [6, 6.07) is 4.55. The highest BCUT2D eigenvalue weighted by Crippen LogP contribution is 2.33. The zero-order chi connectivity index (χ0) is 17.9. The molecule has 10 heteroatoms. The molecular formula is C14H12F3N7. The minimum atomic E-state index is -4.54. The molecule has 0 radical (unpaired) electrons. The molecular weight excluding hydrogens is 323 g/mol. The van der Waals surface area contributed by atoms with Crippen LogP contribution in [0.2, 0.25) is 0 Å². The number of nitrogens with one attached hydrogen (secondary N) is 2. The maximum absolute atomic E-state index is 12.9. The first-order valence-electron chi connectivity index (χ1n) is 6.53. The molecule has 0 aliphatic carbocycles. The van der Waals surface area contributed by atoms with E-state index in [1.807, 2.05) is 0 Å². The lowest BCUT2D eigenvalue weighted by atomic mass is 10.1. The molecule has 124 valence electrons. The van der Waals surface area contributed by atoms with Gasteiger partial charge in [0, 0.05) is 6.20 Å². The second-order valence-corrected chi connectivity index (χ2v) is 4.79. The van der Waals surface area contributed by atoms with E-state index in [0.29, 0.717) is 5.69 Å². The van der Waals surface area contributed by atoms with Crippen molar-refractivity contribution < 1.29 is 13.2 Å². The number of amidine groups is 1. The standard InChI is InChI=1S/C14H12F3N7/c1-8-6-21-24(7-8)12-3-2-9(14(15,16)17)4-10(12)22-23-11(5-18)13(19)20/h2-4,6-7,22H,1H3,(H3,19,20)/b23-11+. The van der Waals surface area contributed by atoms with Crippen LogP contribution in [0.4, 0.5) is 18.9 Å². The molecule has 1 aromatic heterocycles. The van der Waals surface area contributed by atoms with E-state index in [2.05, 4.69) is 15.6 Å². The fourth-order valence-electron chi connectivity index (χ4n) is 1.81. The molecule has 0 unspecified atom stereocenters. The molecule has 2 aromatic rings. The minimum Gasteiger partial charge on any atom is -0.382 e. The van der Waals surface area contributed by atoms with Gasteiger partial charge in [0.15, 0.2) is 5.84 Å². The Labute approximate surface area is 134 Å². The van der Waals surface area contributed by atoms with Gasteiger partial charge in [0.1, 0.15) is 6.07 Å². The molecule has 7 nitrogen and oxygen atoms in total. The van der Waals surface area contributed by atoms with Crippen molar-refractivity contribution in [3.05, 3.63) is 41.7 Å². The van der Waals surface area contributed by atoms with Crippen molar-refractivity contribution in [3.8, 4) is 11.8 Å². The number of rotatable bonds is 4. The number of hydrogen-bond acceptors (Lipinski definition) is 5. The number of hydrogen-bond donors (Lipinski definition) is 3. The average Bonchev–Trinajstić information content (AvgIpc) is 2.93. The quantitative estimate of drug-likeness (QED) is 0.452. The van der Waals surface area contributed by atoms with Crippen LogP contribution >= 0.6 is 0 Å². The summed E-state index contributed by atoms with van der Waals surface area (Å²) in [6.07, 6.45) is -1.38. The van der Waals surface area contributed by atoms with Gasteiger partial charge in [-0.3, -0.25) is 10.8 Å². The average molecular weight is 335 g/mol. The van der Waals surface area contributed by atoms with Crippen molar-refractivity contribution >= 4 is 17.2 Å². The van der Waals surface area contributed by atoms with Crippen LogP contribution in [-0.4, -0.2) is 21.3 Å². The zero-order valence-corrected chi connectivity index (χ0v) is 12.4. The van der Waals surface area contributed by atoms with E-state index in [1.165, 1.54) is 10.7 Å². The summed E-state index contributed by atoms with van der Waals surface area (Å²) in [7, 11) is 0. The molecule has 0 fully saturated rings. The third kappa shape index (κ3) is 3.70. The van der Waals surface area contributed by atoms with Gasteiger partial charge in [0.05, 0.1) is 23.1 Å². The van der Waals surface area contributed by atoms with Crippen LogP contribution in [-0.2, 0) is 6.18 Å². The molecule has 0 aliphatic rings. The fraction of sp³-hybridized carbons (Fsp3) is 0.143. The fourth-order valence-corrected chi connectivity index (χ4v) is 1.81. The maximum atomic E-state index is 12.9. The zero-order valence-electron chi connectivity index (χ0n) is 12.4. The van der Waals surface area contributed by atoms with Crippen LogP contribution in [0.5, 0.6) is 0 Å². The van der Waals surface area contributed by atoms with Gasteiger partial charge < -0.3 is 5.73 Å². The molecule has 24 heavy (non-hydrogen) atoms. The van der Waals surface area contributed by atoms with Crippen molar-refractivity contribution in [2.24, 2.45) is 10.8 Å². The third-order valence-corrected chi connectivity index (χ3v) is 2.93. The van der Waals surface area contributed by atoms with E-state index in [-0.39, 0.29) is 5.69 Å². The number of anilines is 1. The lowest BCUT2D eigenvalue weighted by Gasteiger charge is -2.13. The minimum absolute atomic E-state index is 0.0399. The predicted molar refractivity (Wildman–Crippen MR) is 81.9 cm³/mol. The summed E-state index contributed by atoms with van der Waals surface area (Å²) in [5.74, 6) is -0.603. The number of hydrazone groups is 1. The van der Waals surface area contributed by atoms with E-state index in [9.17, 15) is 13.2 Å². The highest BCUT2D eigenvalue weighted by Gasteiger charge is 2.31. The van der Waals surface area contributed by atoms with Gasteiger partial charge in [-0.15, -0.1) is 0 Å². The van der Waals surface area contributed by atoms with Gasteiger partial charge in [0.25, 0.3) is 0 Å². The van der Waals surface area contributed by atoms with Crippen molar-refractivity contribution in [2.75, 3.05) is 5.43 Å². The number of alkyl halides is 3. The second kappa shape index (κ2) is 6.41. The molecule has 4 N–H and O–H groups in total. The molecule has 2 rings (SSSR count). The van der Waals surface area contributed by atoms with Crippen LogP contribution in [0.15, 0.2) is 35.7 Å². The third-order valence-electron chi connectivity index (χ3n) is 2.93. The van der Waals surface area contributed by atoms with Crippen molar-refractivity contribution in [3.63, 3.8) is 0 Å². The molecule has 0 amide bonds. The van der Waals surface area contributed by atoms with Gasteiger partial charge in [-0.25, -0.2) is 4.68 Å². The van der Waals surface area contributed by atoms with E-state index < -0.39 is 23.3 Å². The van der Waals surface area contributed by atoms with Crippen LogP contribution in [0.25, 0.3) is 5.69 Å². The normalized spacial score (nSPS) is 11.9. The molecule has 0 spiro atoms.